The van der Waals surface area contributed by atoms with Gasteiger partial charge in [0.2, 0.25) is 0 Å². The van der Waals surface area contributed by atoms with Crippen LogP contribution in [-0.4, -0.2) is 28.0 Å². The summed E-state index contributed by atoms with van der Waals surface area (Å²) in [6.45, 7) is 0.00471. The Bertz CT molecular complexity index is 463. The van der Waals surface area contributed by atoms with Gasteiger partial charge in [-0.15, -0.1) is 0 Å². The van der Waals surface area contributed by atoms with Crippen LogP contribution in [0, 0.1) is 0 Å². The third kappa shape index (κ3) is 2.60. The van der Waals surface area contributed by atoms with Crippen LogP contribution in [0.2, 0.25) is 0 Å². The average molecular weight is 234 g/mol. The molecular formula is C13H14O4. The number of aliphatic hydroxyl groups excluding tert-OH is 1. The number of fused-ring (bicyclic) bond motifs is 1. The minimum atomic E-state index is -0.152. The van der Waals surface area contributed by atoms with Crippen molar-refractivity contribution >= 4 is 0 Å². The molecule has 4 heteroatoms. The Labute approximate surface area is 99.1 Å². The molecule has 1 aromatic carbocycles. The van der Waals surface area contributed by atoms with Crippen molar-refractivity contribution in [2.75, 3.05) is 6.61 Å². The number of ether oxygens (including phenoxy) is 1. The van der Waals surface area contributed by atoms with E-state index in [1.165, 1.54) is 6.07 Å². The minimum Gasteiger partial charge on any atom is -0.508 e. The van der Waals surface area contributed by atoms with Gasteiger partial charge in [0, 0.05) is 18.1 Å². The first kappa shape index (κ1) is 11.5. The summed E-state index contributed by atoms with van der Waals surface area (Å²) in [5, 5.41) is 27.5. The third-order valence-corrected chi connectivity index (χ3v) is 2.50. The van der Waals surface area contributed by atoms with Crippen molar-refractivity contribution < 1.29 is 20.1 Å². The topological polar surface area (TPSA) is 69.9 Å². The summed E-state index contributed by atoms with van der Waals surface area (Å²) in [7, 11) is 0. The van der Waals surface area contributed by atoms with E-state index >= 15 is 0 Å². The zero-order valence-corrected chi connectivity index (χ0v) is 9.21. The van der Waals surface area contributed by atoms with E-state index in [1.807, 2.05) is 6.08 Å². The fraction of sp³-hybridized carbons (Fsp3) is 0.231. The van der Waals surface area contributed by atoms with Gasteiger partial charge in [-0.25, -0.2) is 0 Å². The fourth-order valence-electron chi connectivity index (χ4n) is 1.79. The highest BCUT2D eigenvalue weighted by molar-refractivity contribution is 5.53. The molecule has 2 rings (SSSR count). The van der Waals surface area contributed by atoms with Gasteiger partial charge < -0.3 is 20.1 Å². The lowest BCUT2D eigenvalue weighted by Crippen LogP contribution is -2.08. The van der Waals surface area contributed by atoms with Gasteiger partial charge in [0.1, 0.15) is 11.9 Å². The maximum absolute atomic E-state index is 9.58. The summed E-state index contributed by atoms with van der Waals surface area (Å²) in [4.78, 5) is 0. The van der Waals surface area contributed by atoms with E-state index < -0.39 is 0 Å². The van der Waals surface area contributed by atoms with E-state index in [9.17, 15) is 10.2 Å². The lowest BCUT2D eigenvalue weighted by atomic mass is 10.1. The van der Waals surface area contributed by atoms with E-state index in [0.717, 1.165) is 5.56 Å². The zero-order chi connectivity index (χ0) is 12.3. The number of hydrogen-bond donors (Lipinski definition) is 3. The Kier molecular flexibility index (Phi) is 3.35. The molecule has 0 saturated carbocycles. The highest BCUT2D eigenvalue weighted by atomic mass is 16.5. The Morgan fingerprint density at radius 2 is 2.12 bits per heavy atom. The van der Waals surface area contributed by atoms with Crippen molar-refractivity contribution in [1.29, 1.82) is 0 Å². The number of benzene rings is 1. The molecule has 1 atom stereocenters. The molecule has 0 radical (unpaired) electrons. The normalized spacial score (nSPS) is 18.8. The summed E-state index contributed by atoms with van der Waals surface area (Å²) in [5.41, 5.74) is 0.795. The first-order valence-electron chi connectivity index (χ1n) is 5.36. The van der Waals surface area contributed by atoms with E-state index in [1.54, 1.807) is 24.3 Å². The van der Waals surface area contributed by atoms with Crippen LogP contribution in [0.3, 0.4) is 0 Å². The summed E-state index contributed by atoms with van der Waals surface area (Å²) in [6.07, 6.45) is 7.42. The molecule has 17 heavy (non-hydrogen) atoms. The standard InChI is InChI=1S/C13H14O4/c14-5-3-1-2-4-11-7-9-6-10(15)8-12(16)13(9)17-11/h1-4,6,8,11,14-16H,5,7H2/t11-/m0/s1. The first-order chi connectivity index (χ1) is 8.20. The number of rotatable bonds is 3. The molecule has 0 saturated heterocycles. The monoisotopic (exact) mass is 234 g/mol. The van der Waals surface area contributed by atoms with Gasteiger partial charge in [-0.05, 0) is 12.1 Å². The molecule has 1 aromatic rings. The van der Waals surface area contributed by atoms with E-state index in [0.29, 0.717) is 12.2 Å². The second-order valence-corrected chi connectivity index (χ2v) is 3.81. The lowest BCUT2D eigenvalue weighted by Gasteiger charge is -2.05. The van der Waals surface area contributed by atoms with Gasteiger partial charge in [-0.3, -0.25) is 0 Å². The van der Waals surface area contributed by atoms with Crippen LogP contribution in [0.25, 0.3) is 0 Å². The number of aliphatic hydroxyl groups is 1. The molecule has 0 fully saturated rings. The summed E-state index contributed by atoms with van der Waals surface area (Å²) in [5.74, 6) is 0.431. The molecule has 1 aliphatic rings. The Balaban J connectivity index is 2.09. The average Bonchev–Trinajstić information content (AvgIpc) is 2.67. The van der Waals surface area contributed by atoms with Crippen molar-refractivity contribution in [3.05, 3.63) is 42.0 Å². The second kappa shape index (κ2) is 4.93. The van der Waals surface area contributed by atoms with Gasteiger partial charge >= 0.3 is 0 Å². The molecule has 90 valence electrons. The smallest absolute Gasteiger partial charge is 0.165 e. The van der Waals surface area contributed by atoms with Crippen LogP contribution in [0.4, 0.5) is 0 Å². The highest BCUT2D eigenvalue weighted by Gasteiger charge is 2.24. The summed E-state index contributed by atoms with van der Waals surface area (Å²) < 4.78 is 5.53. The van der Waals surface area contributed by atoms with Gasteiger partial charge in [-0.2, -0.15) is 0 Å². The quantitative estimate of drug-likeness (QED) is 0.693. The maximum atomic E-state index is 9.58. The van der Waals surface area contributed by atoms with Crippen molar-refractivity contribution in [1.82, 2.24) is 0 Å². The number of hydrogen-bond acceptors (Lipinski definition) is 4. The third-order valence-electron chi connectivity index (χ3n) is 2.50. The van der Waals surface area contributed by atoms with Crippen LogP contribution < -0.4 is 4.74 Å². The van der Waals surface area contributed by atoms with Crippen LogP contribution in [0.5, 0.6) is 17.2 Å². The van der Waals surface area contributed by atoms with Gasteiger partial charge in [0.05, 0.1) is 6.61 Å². The molecule has 3 N–H and O–H groups in total. The van der Waals surface area contributed by atoms with E-state index in [-0.39, 0.29) is 24.2 Å². The largest absolute Gasteiger partial charge is 0.508 e. The molecule has 0 amide bonds. The van der Waals surface area contributed by atoms with Crippen molar-refractivity contribution in [2.45, 2.75) is 12.5 Å². The predicted octanol–water partition coefficient (Wildman–Crippen LogP) is 1.51. The fourth-order valence-corrected chi connectivity index (χ4v) is 1.79. The van der Waals surface area contributed by atoms with E-state index in [4.69, 9.17) is 9.84 Å². The second-order valence-electron chi connectivity index (χ2n) is 3.81. The van der Waals surface area contributed by atoms with Gasteiger partial charge in [0.25, 0.3) is 0 Å². The maximum Gasteiger partial charge on any atom is 0.165 e. The van der Waals surface area contributed by atoms with Gasteiger partial charge in [0.15, 0.2) is 11.5 Å². The van der Waals surface area contributed by atoms with Gasteiger partial charge in [-0.1, -0.05) is 18.2 Å². The van der Waals surface area contributed by atoms with Crippen LogP contribution in [0.15, 0.2) is 36.4 Å². The lowest BCUT2D eigenvalue weighted by molar-refractivity contribution is 0.271. The number of aromatic hydroxyl groups is 2. The number of phenolic OH excluding ortho intramolecular Hbond substituents is 2. The molecule has 0 spiro atoms. The molecule has 0 bridgehead atoms. The Hall–Kier alpha value is -1.94. The summed E-state index contributed by atoms with van der Waals surface area (Å²) >= 11 is 0. The van der Waals surface area contributed by atoms with Crippen molar-refractivity contribution in [3.8, 4) is 17.2 Å². The Morgan fingerprint density at radius 1 is 1.29 bits per heavy atom. The van der Waals surface area contributed by atoms with Crippen LogP contribution in [0.1, 0.15) is 5.56 Å². The number of allylic oxidation sites excluding steroid dienone is 2. The summed E-state index contributed by atoms with van der Waals surface area (Å²) in [6, 6.07) is 2.85. The molecule has 4 nitrogen and oxygen atoms in total. The molecule has 0 unspecified atom stereocenters. The SMILES string of the molecule is OCC=CC=C[C@H]1Cc2cc(O)cc(O)c2O1. The molecule has 1 aliphatic heterocycles. The zero-order valence-electron chi connectivity index (χ0n) is 9.21. The molecule has 0 aromatic heterocycles. The first-order valence-corrected chi connectivity index (χ1v) is 5.36. The van der Waals surface area contributed by atoms with Crippen molar-refractivity contribution in [3.63, 3.8) is 0 Å². The highest BCUT2D eigenvalue weighted by Crippen LogP contribution is 2.40. The van der Waals surface area contributed by atoms with Crippen molar-refractivity contribution in [2.24, 2.45) is 0 Å². The molecule has 1 heterocycles. The Morgan fingerprint density at radius 3 is 2.88 bits per heavy atom. The molecule has 0 aliphatic carbocycles. The van der Waals surface area contributed by atoms with Crippen LogP contribution >= 0.6 is 0 Å². The van der Waals surface area contributed by atoms with E-state index in [2.05, 4.69) is 0 Å². The minimum absolute atomic E-state index is 0.00471. The molecular weight excluding hydrogens is 220 g/mol. The number of phenols is 2. The van der Waals surface area contributed by atoms with Crippen LogP contribution in [-0.2, 0) is 6.42 Å². The predicted molar refractivity (Wildman–Crippen MR) is 63.3 cm³/mol.